The number of ether oxygens (including phenoxy) is 1. The van der Waals surface area contributed by atoms with Crippen LogP contribution in [0.25, 0.3) is 0 Å². The molecule has 0 radical (unpaired) electrons. The zero-order valence-corrected chi connectivity index (χ0v) is 11.3. The molecule has 1 aromatic rings. The molecule has 0 saturated carbocycles. The van der Waals surface area contributed by atoms with Crippen LogP contribution in [-0.4, -0.2) is 50.8 Å². The summed E-state index contributed by atoms with van der Waals surface area (Å²) < 4.78 is 4.78. The van der Waals surface area contributed by atoms with E-state index in [1.165, 1.54) is 10.5 Å². The van der Waals surface area contributed by atoms with Gasteiger partial charge in [0.05, 0.1) is 0 Å². The van der Waals surface area contributed by atoms with Crippen molar-refractivity contribution in [2.75, 3.05) is 34.9 Å². The van der Waals surface area contributed by atoms with E-state index in [2.05, 4.69) is 19.1 Å². The first-order valence-electron chi connectivity index (χ1n) is 5.44. The fourth-order valence-corrected chi connectivity index (χ4v) is 0.848. The highest BCUT2D eigenvalue weighted by Crippen LogP contribution is 1.92. The minimum Gasteiger partial charge on any atom is -0.433 e. The molecule has 1 aromatic carbocycles. The van der Waals surface area contributed by atoms with Crippen LogP contribution < -0.4 is 0 Å². The van der Waals surface area contributed by atoms with Crippen LogP contribution in [0.1, 0.15) is 5.56 Å². The fraction of sp³-hybridized carbons (Fsp3) is 0.462. The average molecular weight is 238 g/mol. The number of hydrogen-bond acceptors (Lipinski definition) is 3. The Bertz CT molecular complexity index is 310. The molecule has 1 amide bonds. The van der Waals surface area contributed by atoms with Crippen molar-refractivity contribution in [1.29, 1.82) is 0 Å². The van der Waals surface area contributed by atoms with Crippen LogP contribution in [0.5, 0.6) is 0 Å². The zero-order chi connectivity index (χ0) is 13.3. The quantitative estimate of drug-likeness (QED) is 0.740. The number of hydrogen-bond donors (Lipinski definition) is 0. The van der Waals surface area contributed by atoms with Gasteiger partial charge in [0.2, 0.25) is 0 Å². The van der Waals surface area contributed by atoms with Gasteiger partial charge in [-0.1, -0.05) is 35.9 Å². The van der Waals surface area contributed by atoms with Gasteiger partial charge < -0.3 is 9.64 Å². The lowest BCUT2D eigenvalue weighted by molar-refractivity contribution is 0.0745. The Labute approximate surface area is 104 Å². The maximum absolute atomic E-state index is 10.7. The molecule has 0 aliphatic rings. The Morgan fingerprint density at radius 1 is 1.12 bits per heavy atom. The first-order chi connectivity index (χ1) is 7.93. The van der Waals surface area contributed by atoms with Gasteiger partial charge in [-0.25, -0.2) is 4.79 Å². The summed E-state index contributed by atoms with van der Waals surface area (Å²) in [6.07, 6.45) is -0.311. The molecule has 96 valence electrons. The summed E-state index contributed by atoms with van der Waals surface area (Å²) in [5, 5.41) is 0. The van der Waals surface area contributed by atoms with Crippen molar-refractivity contribution in [3.63, 3.8) is 0 Å². The SMILES string of the molecule is CN(C)COC(=O)N(C)C.Cc1ccccc1. The molecule has 0 heterocycles. The van der Waals surface area contributed by atoms with E-state index >= 15 is 0 Å². The van der Waals surface area contributed by atoms with Gasteiger partial charge in [-0.2, -0.15) is 0 Å². The van der Waals surface area contributed by atoms with Gasteiger partial charge in [0.25, 0.3) is 0 Å². The van der Waals surface area contributed by atoms with E-state index in [0.29, 0.717) is 6.73 Å². The smallest absolute Gasteiger partial charge is 0.410 e. The third kappa shape index (κ3) is 9.38. The second-order valence-electron chi connectivity index (χ2n) is 4.17. The van der Waals surface area contributed by atoms with Gasteiger partial charge in [0.1, 0.15) is 6.73 Å². The van der Waals surface area contributed by atoms with Crippen molar-refractivity contribution >= 4 is 6.09 Å². The Hall–Kier alpha value is -1.55. The molecule has 0 aromatic heterocycles. The predicted octanol–water partition coefficient (Wildman–Crippen LogP) is 2.20. The summed E-state index contributed by atoms with van der Waals surface area (Å²) in [4.78, 5) is 13.9. The Morgan fingerprint density at radius 3 is 1.94 bits per heavy atom. The summed E-state index contributed by atoms with van der Waals surface area (Å²) >= 11 is 0. The molecular formula is C13H22N2O2. The van der Waals surface area contributed by atoms with Crippen LogP contribution in [0.3, 0.4) is 0 Å². The number of aryl methyl sites for hydroxylation is 1. The predicted molar refractivity (Wildman–Crippen MR) is 69.9 cm³/mol. The number of benzene rings is 1. The fourth-order valence-electron chi connectivity index (χ4n) is 0.848. The van der Waals surface area contributed by atoms with E-state index in [-0.39, 0.29) is 6.09 Å². The number of rotatable bonds is 2. The summed E-state index contributed by atoms with van der Waals surface area (Å²) in [7, 11) is 6.97. The normalized spacial score (nSPS) is 9.29. The van der Waals surface area contributed by atoms with E-state index in [1.54, 1.807) is 19.0 Å². The highest BCUT2D eigenvalue weighted by Gasteiger charge is 2.03. The van der Waals surface area contributed by atoms with E-state index in [4.69, 9.17) is 4.74 Å². The monoisotopic (exact) mass is 238 g/mol. The Balaban J connectivity index is 0.000000318. The van der Waals surface area contributed by atoms with Gasteiger partial charge in [-0.15, -0.1) is 0 Å². The molecule has 0 aliphatic heterocycles. The van der Waals surface area contributed by atoms with Gasteiger partial charge in [-0.05, 0) is 21.0 Å². The highest BCUT2D eigenvalue weighted by atomic mass is 16.6. The van der Waals surface area contributed by atoms with Gasteiger partial charge in [0, 0.05) is 14.1 Å². The number of nitrogens with zero attached hydrogens (tertiary/aromatic N) is 2. The number of amides is 1. The third-order valence-corrected chi connectivity index (χ3v) is 1.75. The summed E-state index contributed by atoms with van der Waals surface area (Å²) in [6.45, 7) is 2.41. The maximum atomic E-state index is 10.7. The van der Waals surface area contributed by atoms with Crippen molar-refractivity contribution < 1.29 is 9.53 Å². The molecular weight excluding hydrogens is 216 g/mol. The second-order valence-corrected chi connectivity index (χ2v) is 4.17. The highest BCUT2D eigenvalue weighted by molar-refractivity contribution is 5.66. The van der Waals surface area contributed by atoms with Crippen LogP contribution >= 0.6 is 0 Å². The summed E-state index contributed by atoms with van der Waals surface area (Å²) in [5.41, 5.74) is 1.32. The van der Waals surface area contributed by atoms with Crippen LogP contribution in [0, 0.1) is 6.92 Å². The molecule has 4 heteroatoms. The van der Waals surface area contributed by atoms with E-state index in [1.807, 2.05) is 32.3 Å². The lowest BCUT2D eigenvalue weighted by Crippen LogP contribution is -2.27. The molecule has 0 atom stereocenters. The van der Waals surface area contributed by atoms with E-state index in [9.17, 15) is 4.79 Å². The first kappa shape index (κ1) is 15.4. The second kappa shape index (κ2) is 8.58. The minimum absolute atomic E-state index is 0.311. The van der Waals surface area contributed by atoms with Crippen molar-refractivity contribution in [2.24, 2.45) is 0 Å². The van der Waals surface area contributed by atoms with Crippen LogP contribution in [0.2, 0.25) is 0 Å². The summed E-state index contributed by atoms with van der Waals surface area (Å²) in [5.74, 6) is 0. The van der Waals surface area contributed by atoms with Crippen molar-refractivity contribution in [3.8, 4) is 0 Å². The molecule has 1 rings (SSSR count). The van der Waals surface area contributed by atoms with Gasteiger partial charge in [0.15, 0.2) is 0 Å². The molecule has 0 unspecified atom stereocenters. The van der Waals surface area contributed by atoms with E-state index < -0.39 is 0 Å². The lowest BCUT2D eigenvalue weighted by Gasteiger charge is -2.13. The molecule has 0 N–H and O–H groups in total. The number of carbonyl (C=O) groups is 1. The first-order valence-corrected chi connectivity index (χ1v) is 5.44. The molecule has 17 heavy (non-hydrogen) atoms. The molecule has 0 fully saturated rings. The lowest BCUT2D eigenvalue weighted by atomic mass is 10.2. The van der Waals surface area contributed by atoms with Crippen LogP contribution in [0.4, 0.5) is 4.79 Å². The van der Waals surface area contributed by atoms with Crippen LogP contribution in [0.15, 0.2) is 30.3 Å². The Morgan fingerprint density at radius 2 is 1.65 bits per heavy atom. The van der Waals surface area contributed by atoms with Crippen molar-refractivity contribution in [3.05, 3.63) is 35.9 Å². The molecule has 0 saturated heterocycles. The van der Waals surface area contributed by atoms with E-state index in [0.717, 1.165) is 0 Å². The molecule has 0 aliphatic carbocycles. The standard InChI is InChI=1S/C7H8.C6H14N2O2/c1-7-5-3-2-4-6-7;1-7(2)5-10-6(9)8(3)4/h2-6H,1H3;5H2,1-4H3. The van der Waals surface area contributed by atoms with Crippen molar-refractivity contribution in [2.45, 2.75) is 6.92 Å². The average Bonchev–Trinajstić information content (AvgIpc) is 2.27. The number of carbonyl (C=O) groups excluding carboxylic acids is 1. The molecule has 0 spiro atoms. The zero-order valence-electron chi connectivity index (χ0n) is 11.3. The van der Waals surface area contributed by atoms with Crippen molar-refractivity contribution in [1.82, 2.24) is 9.80 Å². The molecule has 0 bridgehead atoms. The van der Waals surface area contributed by atoms with Gasteiger partial charge >= 0.3 is 6.09 Å². The third-order valence-electron chi connectivity index (χ3n) is 1.75. The maximum Gasteiger partial charge on any atom is 0.410 e. The Kier molecular flexibility index (Phi) is 7.80. The summed E-state index contributed by atoms with van der Waals surface area (Å²) in [6, 6.07) is 10.3. The largest absolute Gasteiger partial charge is 0.433 e. The molecule has 4 nitrogen and oxygen atoms in total. The van der Waals surface area contributed by atoms with Gasteiger partial charge in [-0.3, -0.25) is 4.90 Å². The minimum atomic E-state index is -0.311. The van der Waals surface area contributed by atoms with Crippen LogP contribution in [-0.2, 0) is 4.74 Å². The topological polar surface area (TPSA) is 32.8 Å².